The molecule has 1 fully saturated rings. The van der Waals surface area contributed by atoms with E-state index in [0.717, 1.165) is 0 Å². The highest BCUT2D eigenvalue weighted by molar-refractivity contribution is 6.09. The number of fused-ring (bicyclic) bond motifs is 2. The molecule has 10 nitrogen and oxygen atoms in total. The largest absolute Gasteiger partial charge is 0.486 e. The lowest BCUT2D eigenvalue weighted by molar-refractivity contribution is -0.0159. The molecule has 5 rings (SSSR count). The summed E-state index contributed by atoms with van der Waals surface area (Å²) in [5.41, 5.74) is 0.567. The average molecular weight is 468 g/mol. The maximum absolute atomic E-state index is 14.5. The molecule has 4 heterocycles. The van der Waals surface area contributed by atoms with Gasteiger partial charge < -0.3 is 25.4 Å². The van der Waals surface area contributed by atoms with E-state index >= 15 is 0 Å². The van der Waals surface area contributed by atoms with Gasteiger partial charge in [-0.05, 0) is 37.6 Å². The Labute approximate surface area is 194 Å². The number of carbonyl (C=O) groups is 2. The molecule has 3 N–H and O–H groups in total. The monoisotopic (exact) mass is 468 g/mol. The van der Waals surface area contributed by atoms with Crippen LogP contribution in [0.25, 0.3) is 5.65 Å². The molecule has 0 saturated carbocycles. The molecule has 2 aliphatic heterocycles. The minimum atomic E-state index is -1.61. The fourth-order valence-corrected chi connectivity index (χ4v) is 3.86. The Hall–Kier alpha value is -3.57. The fraction of sp³-hybridized carbons (Fsp3) is 0.391. The quantitative estimate of drug-likeness (QED) is 0.479. The highest BCUT2D eigenvalue weighted by Gasteiger charge is 2.36. The number of hydrogen-bond acceptors (Lipinski definition) is 7. The van der Waals surface area contributed by atoms with Gasteiger partial charge in [-0.3, -0.25) is 9.59 Å². The van der Waals surface area contributed by atoms with Gasteiger partial charge in [0.25, 0.3) is 11.8 Å². The van der Waals surface area contributed by atoms with E-state index in [4.69, 9.17) is 4.74 Å². The molecule has 1 aromatic carbocycles. The van der Waals surface area contributed by atoms with Crippen LogP contribution in [0.3, 0.4) is 0 Å². The molecule has 0 bridgehead atoms. The molecule has 34 heavy (non-hydrogen) atoms. The van der Waals surface area contributed by atoms with Crippen molar-refractivity contribution >= 4 is 23.1 Å². The summed E-state index contributed by atoms with van der Waals surface area (Å²) in [5, 5.41) is 20.1. The Bertz CT molecular complexity index is 1270. The lowest BCUT2D eigenvalue weighted by Gasteiger charge is -2.29. The summed E-state index contributed by atoms with van der Waals surface area (Å²) in [7, 11) is 0. The maximum Gasteiger partial charge on any atom is 0.261 e. The van der Waals surface area contributed by atoms with E-state index in [0.29, 0.717) is 46.9 Å². The lowest BCUT2D eigenvalue weighted by Crippen LogP contribution is -2.50. The molecule has 178 valence electrons. The first-order valence-corrected chi connectivity index (χ1v) is 11.0. The van der Waals surface area contributed by atoms with E-state index in [-0.39, 0.29) is 25.1 Å². The van der Waals surface area contributed by atoms with Gasteiger partial charge in [0.2, 0.25) is 0 Å². The summed E-state index contributed by atoms with van der Waals surface area (Å²) < 4.78 is 22.0. The van der Waals surface area contributed by atoms with E-state index in [1.54, 1.807) is 30.6 Å². The van der Waals surface area contributed by atoms with Crippen molar-refractivity contribution < 1.29 is 23.8 Å². The van der Waals surface area contributed by atoms with Gasteiger partial charge in [0.15, 0.2) is 5.65 Å². The zero-order valence-corrected chi connectivity index (χ0v) is 18.8. The third kappa shape index (κ3) is 4.08. The van der Waals surface area contributed by atoms with E-state index in [9.17, 15) is 19.1 Å². The molecule has 2 aromatic heterocycles. The fourth-order valence-electron chi connectivity index (χ4n) is 3.86. The van der Waals surface area contributed by atoms with Gasteiger partial charge in [0.1, 0.15) is 23.6 Å². The molecular weight excluding hydrogens is 443 g/mol. The number of alkyl halides is 1. The number of halogens is 1. The normalized spacial score (nSPS) is 16.9. The van der Waals surface area contributed by atoms with Gasteiger partial charge in [-0.25, -0.2) is 13.9 Å². The maximum atomic E-state index is 14.5. The van der Waals surface area contributed by atoms with Crippen LogP contribution in [0, 0.1) is 0 Å². The van der Waals surface area contributed by atoms with Crippen LogP contribution in [0.2, 0.25) is 0 Å². The van der Waals surface area contributed by atoms with Gasteiger partial charge in [0.05, 0.1) is 24.0 Å². The number of ether oxygens (including phenoxy) is 1. The highest BCUT2D eigenvalue weighted by Crippen LogP contribution is 2.35. The topological polar surface area (TPSA) is 121 Å². The van der Waals surface area contributed by atoms with Crippen molar-refractivity contribution in [1.82, 2.24) is 24.8 Å². The molecule has 0 unspecified atom stereocenters. The van der Waals surface area contributed by atoms with E-state index in [1.165, 1.54) is 29.5 Å². The van der Waals surface area contributed by atoms with Gasteiger partial charge in [-0.1, -0.05) is 0 Å². The van der Waals surface area contributed by atoms with Gasteiger partial charge >= 0.3 is 0 Å². The van der Waals surface area contributed by atoms with Crippen LogP contribution >= 0.6 is 0 Å². The molecule has 3 aromatic rings. The molecule has 0 radical (unpaired) electrons. The SMILES string of the molecule is CC(C)(O)[C@H](F)CN1Cc2cc(NC(=O)c3cnn4cccnc34)c(OC3CNC3)cc2C1=O. The minimum absolute atomic E-state index is 0.0923. The Morgan fingerprint density at radius 1 is 1.41 bits per heavy atom. The Morgan fingerprint density at radius 3 is 2.91 bits per heavy atom. The molecule has 0 spiro atoms. The average Bonchev–Trinajstić information content (AvgIpc) is 3.31. The third-order valence-electron chi connectivity index (χ3n) is 6.04. The Kier molecular flexibility index (Phi) is 5.45. The molecule has 1 saturated heterocycles. The second-order valence-electron chi connectivity index (χ2n) is 9.11. The number of anilines is 1. The number of benzene rings is 1. The van der Waals surface area contributed by atoms with E-state index in [1.807, 2.05) is 0 Å². The number of nitrogens with one attached hydrogen (secondary N) is 2. The molecule has 0 aliphatic carbocycles. The summed E-state index contributed by atoms with van der Waals surface area (Å²) in [6.07, 6.45) is 3.01. The molecule has 11 heteroatoms. The van der Waals surface area contributed by atoms with Gasteiger partial charge in [-0.2, -0.15) is 5.10 Å². The minimum Gasteiger partial charge on any atom is -0.486 e. The number of carbonyl (C=O) groups excluding carboxylic acids is 2. The lowest BCUT2D eigenvalue weighted by atomic mass is 10.0. The van der Waals surface area contributed by atoms with Crippen LogP contribution in [0.1, 0.15) is 40.1 Å². The molecule has 1 atom stereocenters. The molecule has 2 aliphatic rings. The van der Waals surface area contributed by atoms with Crippen LogP contribution in [-0.4, -0.2) is 73.9 Å². The van der Waals surface area contributed by atoms with Gasteiger partial charge in [0, 0.05) is 37.6 Å². The first kappa shape index (κ1) is 22.2. The number of aromatic nitrogens is 3. The first-order chi connectivity index (χ1) is 16.2. The second-order valence-corrected chi connectivity index (χ2v) is 9.11. The predicted octanol–water partition coefficient (Wildman–Crippen LogP) is 1.40. The zero-order valence-electron chi connectivity index (χ0n) is 18.8. The number of rotatable bonds is 7. The van der Waals surface area contributed by atoms with Crippen molar-refractivity contribution in [1.29, 1.82) is 0 Å². The van der Waals surface area contributed by atoms with Crippen LogP contribution < -0.4 is 15.4 Å². The summed E-state index contributed by atoms with van der Waals surface area (Å²) in [6, 6.07) is 4.99. The summed E-state index contributed by atoms with van der Waals surface area (Å²) >= 11 is 0. The van der Waals surface area contributed by atoms with Gasteiger partial charge in [-0.15, -0.1) is 0 Å². The van der Waals surface area contributed by atoms with Crippen LogP contribution in [0.5, 0.6) is 5.75 Å². The second kappa shape index (κ2) is 8.33. The van der Waals surface area contributed by atoms with Crippen LogP contribution in [-0.2, 0) is 6.54 Å². The Morgan fingerprint density at radius 2 is 2.21 bits per heavy atom. The number of nitrogens with zero attached hydrogens (tertiary/aromatic N) is 4. The van der Waals surface area contributed by atoms with E-state index < -0.39 is 17.7 Å². The number of amides is 2. The Balaban J connectivity index is 1.44. The highest BCUT2D eigenvalue weighted by atomic mass is 19.1. The van der Waals surface area contributed by atoms with Crippen molar-refractivity contribution in [3.8, 4) is 5.75 Å². The third-order valence-corrected chi connectivity index (χ3v) is 6.04. The number of hydrogen-bond donors (Lipinski definition) is 3. The smallest absolute Gasteiger partial charge is 0.261 e. The van der Waals surface area contributed by atoms with Crippen molar-refractivity contribution in [3.63, 3.8) is 0 Å². The van der Waals surface area contributed by atoms with E-state index in [2.05, 4.69) is 20.7 Å². The molecular formula is C23H25FN6O4. The van der Waals surface area contributed by atoms with Crippen molar-refractivity contribution in [2.75, 3.05) is 25.0 Å². The van der Waals surface area contributed by atoms with Crippen molar-refractivity contribution in [2.24, 2.45) is 0 Å². The van der Waals surface area contributed by atoms with Crippen molar-refractivity contribution in [3.05, 3.63) is 53.5 Å². The first-order valence-electron chi connectivity index (χ1n) is 11.0. The zero-order chi connectivity index (χ0) is 24.0. The summed E-state index contributed by atoms with van der Waals surface area (Å²) in [4.78, 5) is 31.6. The summed E-state index contributed by atoms with van der Waals surface area (Å²) in [6.45, 7) is 3.96. The summed E-state index contributed by atoms with van der Waals surface area (Å²) in [5.74, 6) is -0.405. The van der Waals surface area contributed by atoms with Crippen LogP contribution in [0.15, 0.2) is 36.8 Å². The standard InChI is InChI=1S/C23H25FN6O4/c1-23(2,33)19(24)12-29-11-13-6-17(18(7-15(13)22(29)32)34-14-8-25-9-14)28-21(31)16-10-27-30-5-3-4-26-20(16)30/h3-7,10,14,19,25,33H,8-9,11-12H2,1-2H3,(H,28,31)/t19-/m1/s1. The van der Waals surface area contributed by atoms with Crippen LogP contribution in [0.4, 0.5) is 10.1 Å². The molecule has 2 amide bonds. The number of aliphatic hydroxyl groups is 1. The van der Waals surface area contributed by atoms with Crippen molar-refractivity contribution in [2.45, 2.75) is 38.3 Å². The predicted molar refractivity (Wildman–Crippen MR) is 121 cm³/mol.